The van der Waals surface area contributed by atoms with Crippen LogP contribution in [0.2, 0.25) is 0 Å². The number of benzene rings is 1. The first kappa shape index (κ1) is 16.4. The molecule has 1 N–H and O–H groups in total. The van der Waals surface area contributed by atoms with Crippen LogP contribution in [0.1, 0.15) is 13.3 Å². The van der Waals surface area contributed by atoms with E-state index in [4.69, 9.17) is 0 Å². The van der Waals surface area contributed by atoms with Gasteiger partial charge in [0.2, 0.25) is 10.0 Å². The molecule has 1 heterocycles. The summed E-state index contributed by atoms with van der Waals surface area (Å²) in [4.78, 5) is 0.0891. The highest BCUT2D eigenvalue weighted by atomic mass is 79.9. The molecule has 2 rings (SSSR count). The van der Waals surface area contributed by atoms with Crippen molar-refractivity contribution in [1.29, 1.82) is 0 Å². The molecule has 0 amide bonds. The molecule has 1 aliphatic rings. The van der Waals surface area contributed by atoms with Gasteiger partial charge >= 0.3 is 0 Å². The lowest BCUT2D eigenvalue weighted by Gasteiger charge is -2.23. The Labute approximate surface area is 135 Å². The van der Waals surface area contributed by atoms with Gasteiger partial charge in [-0.1, -0.05) is 15.9 Å². The van der Waals surface area contributed by atoms with Gasteiger partial charge in [0.1, 0.15) is 0 Å². The van der Waals surface area contributed by atoms with Crippen LogP contribution in [0.15, 0.2) is 32.0 Å². The molecule has 1 aromatic rings. The third-order valence-electron chi connectivity index (χ3n) is 3.07. The molecule has 0 saturated carbocycles. The molecule has 1 aliphatic heterocycles. The van der Waals surface area contributed by atoms with Crippen molar-refractivity contribution >= 4 is 51.7 Å². The van der Waals surface area contributed by atoms with E-state index in [2.05, 4.69) is 36.6 Å². The molecule has 5 nitrogen and oxygen atoms in total. The van der Waals surface area contributed by atoms with Gasteiger partial charge in [-0.15, -0.1) is 0 Å². The predicted molar refractivity (Wildman–Crippen MR) is 83.8 cm³/mol. The predicted octanol–water partition coefficient (Wildman–Crippen LogP) is 2.07. The Morgan fingerprint density at radius 3 is 2.45 bits per heavy atom. The minimum Gasteiger partial charge on any atom is -0.229 e. The van der Waals surface area contributed by atoms with Crippen LogP contribution in [0.5, 0.6) is 0 Å². The maximum atomic E-state index is 12.4. The molecule has 20 heavy (non-hydrogen) atoms. The van der Waals surface area contributed by atoms with Crippen molar-refractivity contribution in [3.8, 4) is 0 Å². The van der Waals surface area contributed by atoms with Crippen LogP contribution in [0.25, 0.3) is 0 Å². The van der Waals surface area contributed by atoms with E-state index in [1.165, 1.54) is 6.07 Å². The number of rotatable bonds is 3. The topological polar surface area (TPSA) is 80.3 Å². The van der Waals surface area contributed by atoms with E-state index in [1.54, 1.807) is 19.1 Å². The summed E-state index contributed by atoms with van der Waals surface area (Å²) in [6.45, 7) is 1.61. The third-order valence-corrected chi connectivity index (χ3v) is 8.08. The molecule has 0 spiro atoms. The molecule has 0 aliphatic carbocycles. The summed E-state index contributed by atoms with van der Waals surface area (Å²) in [7, 11) is -6.95. The lowest BCUT2D eigenvalue weighted by Crippen LogP contribution is -2.46. The van der Waals surface area contributed by atoms with E-state index in [9.17, 15) is 16.8 Å². The van der Waals surface area contributed by atoms with Crippen molar-refractivity contribution in [2.75, 3.05) is 11.5 Å². The van der Waals surface area contributed by atoms with Crippen LogP contribution in [0.3, 0.4) is 0 Å². The number of nitrogens with one attached hydrogen (secondary N) is 1. The highest BCUT2D eigenvalue weighted by Gasteiger charge is 2.41. The lowest BCUT2D eigenvalue weighted by atomic mass is 10.0. The lowest BCUT2D eigenvalue weighted by molar-refractivity contribution is 0.461. The second-order valence-electron chi connectivity index (χ2n) is 5.08. The standard InChI is InChI=1S/C11H13Br2NO4S2/c1-11(4-5-19(15,16)7-11)14-20(17,18)10-3-2-8(12)6-9(10)13/h2-3,6,14H,4-5,7H2,1H3. The summed E-state index contributed by atoms with van der Waals surface area (Å²) in [6, 6.07) is 4.71. The first-order valence-electron chi connectivity index (χ1n) is 5.73. The molecule has 1 atom stereocenters. The Balaban J connectivity index is 2.33. The highest BCUT2D eigenvalue weighted by Crippen LogP contribution is 2.29. The molecule has 0 aromatic heterocycles. The molecular weight excluding hydrogens is 434 g/mol. The Bertz CT molecular complexity index is 746. The molecular formula is C11H13Br2NO4S2. The van der Waals surface area contributed by atoms with Crippen molar-refractivity contribution in [3.05, 3.63) is 27.1 Å². The molecule has 9 heteroatoms. The third kappa shape index (κ3) is 3.62. The van der Waals surface area contributed by atoms with Crippen molar-refractivity contribution in [3.63, 3.8) is 0 Å². The monoisotopic (exact) mass is 445 g/mol. The SMILES string of the molecule is CC1(NS(=O)(=O)c2ccc(Br)cc2Br)CCS(=O)(=O)C1. The summed E-state index contributed by atoms with van der Waals surface area (Å²) in [5.74, 6) is -0.166. The van der Waals surface area contributed by atoms with E-state index >= 15 is 0 Å². The summed E-state index contributed by atoms with van der Waals surface area (Å²) < 4.78 is 51.5. The summed E-state index contributed by atoms with van der Waals surface area (Å²) >= 11 is 6.46. The quantitative estimate of drug-likeness (QED) is 0.770. The molecule has 0 bridgehead atoms. The molecule has 112 valence electrons. The molecule has 0 radical (unpaired) electrons. The normalized spacial score (nSPS) is 25.8. The molecule has 1 unspecified atom stereocenters. The van der Waals surface area contributed by atoms with Crippen molar-refractivity contribution in [2.45, 2.75) is 23.8 Å². The van der Waals surface area contributed by atoms with Crippen molar-refractivity contribution < 1.29 is 16.8 Å². The largest absolute Gasteiger partial charge is 0.242 e. The summed E-state index contributed by atoms with van der Waals surface area (Å²) in [6.07, 6.45) is 0.280. The van der Waals surface area contributed by atoms with Crippen molar-refractivity contribution in [1.82, 2.24) is 4.72 Å². The van der Waals surface area contributed by atoms with E-state index < -0.39 is 25.4 Å². The van der Waals surface area contributed by atoms with Gasteiger partial charge in [0, 0.05) is 14.5 Å². The van der Waals surface area contributed by atoms with Crippen LogP contribution < -0.4 is 4.72 Å². The molecule has 1 aromatic carbocycles. The molecule has 1 saturated heterocycles. The first-order chi connectivity index (χ1) is 9.03. The minimum absolute atomic E-state index is 0.00747. The Morgan fingerprint density at radius 1 is 1.30 bits per heavy atom. The zero-order chi connectivity index (χ0) is 15.2. The van der Waals surface area contributed by atoms with E-state index in [1.807, 2.05) is 0 Å². The van der Waals surface area contributed by atoms with E-state index in [0.717, 1.165) is 4.47 Å². The second-order valence-corrected chi connectivity index (χ2v) is 10.7. The van der Waals surface area contributed by atoms with Gasteiger partial charge in [-0.2, -0.15) is 0 Å². The fourth-order valence-corrected chi connectivity index (χ4v) is 7.53. The van der Waals surface area contributed by atoms with Crippen molar-refractivity contribution in [2.24, 2.45) is 0 Å². The van der Waals surface area contributed by atoms with Gasteiger partial charge in [0.05, 0.1) is 16.4 Å². The van der Waals surface area contributed by atoms with E-state index in [0.29, 0.717) is 4.47 Å². The van der Waals surface area contributed by atoms with Crippen LogP contribution >= 0.6 is 31.9 Å². The maximum absolute atomic E-state index is 12.4. The molecule has 1 fully saturated rings. The first-order valence-corrected chi connectivity index (χ1v) is 10.6. The average Bonchev–Trinajstić information content (AvgIpc) is 2.50. The van der Waals surface area contributed by atoms with Gasteiger partial charge in [-0.3, -0.25) is 0 Å². The number of hydrogen-bond acceptors (Lipinski definition) is 4. The number of hydrogen-bond donors (Lipinski definition) is 1. The smallest absolute Gasteiger partial charge is 0.229 e. The van der Waals surface area contributed by atoms with E-state index in [-0.39, 0.29) is 22.8 Å². The number of sulfonamides is 1. The van der Waals surface area contributed by atoms with Gasteiger partial charge < -0.3 is 0 Å². The average molecular weight is 447 g/mol. The maximum Gasteiger partial charge on any atom is 0.242 e. The number of sulfone groups is 1. The van der Waals surface area contributed by atoms with Gasteiger partial charge in [-0.25, -0.2) is 21.6 Å². The van der Waals surface area contributed by atoms with Gasteiger partial charge in [0.15, 0.2) is 9.84 Å². The fraction of sp³-hybridized carbons (Fsp3) is 0.455. The van der Waals surface area contributed by atoms with Crippen LogP contribution in [-0.2, 0) is 19.9 Å². The van der Waals surface area contributed by atoms with Crippen LogP contribution in [-0.4, -0.2) is 33.9 Å². The summed E-state index contributed by atoms with van der Waals surface area (Å²) in [5, 5.41) is 0. The minimum atomic E-state index is -3.78. The van der Waals surface area contributed by atoms with Gasteiger partial charge in [-0.05, 0) is 47.5 Å². The second kappa shape index (κ2) is 5.35. The highest BCUT2D eigenvalue weighted by molar-refractivity contribution is 9.11. The zero-order valence-corrected chi connectivity index (χ0v) is 15.4. The fourth-order valence-electron chi connectivity index (χ4n) is 2.16. The van der Waals surface area contributed by atoms with Crippen LogP contribution in [0, 0.1) is 0 Å². The Morgan fingerprint density at radius 2 is 1.95 bits per heavy atom. The Kier molecular flexibility index (Phi) is 4.39. The Hall–Kier alpha value is 0.0400. The number of halogens is 2. The zero-order valence-electron chi connectivity index (χ0n) is 10.6. The van der Waals surface area contributed by atoms with Crippen LogP contribution in [0.4, 0.5) is 0 Å². The van der Waals surface area contributed by atoms with Gasteiger partial charge in [0.25, 0.3) is 0 Å². The summed E-state index contributed by atoms with van der Waals surface area (Å²) in [5.41, 5.74) is -0.954.